The smallest absolute Gasteiger partial charge is 0.0406 e. The third-order valence-corrected chi connectivity index (χ3v) is 2.82. The second-order valence-corrected chi connectivity index (χ2v) is 4.57. The van der Waals surface area contributed by atoms with Gasteiger partial charge in [0.2, 0.25) is 0 Å². The molecular weight excluding hydrogens is 265 g/mol. The molecule has 0 aliphatic rings. The van der Waals surface area contributed by atoms with Crippen LogP contribution in [0.25, 0.3) is 6.08 Å². The van der Waals surface area contributed by atoms with Gasteiger partial charge in [-0.1, -0.05) is 47.5 Å². The van der Waals surface area contributed by atoms with E-state index in [1.807, 2.05) is 54.6 Å². The van der Waals surface area contributed by atoms with Crippen molar-refractivity contribution in [2.75, 3.05) is 0 Å². The normalized spacial score (nSPS) is 11.4. The van der Waals surface area contributed by atoms with Crippen molar-refractivity contribution in [1.82, 2.24) is 0 Å². The maximum Gasteiger partial charge on any atom is 0.0406 e. The lowest BCUT2D eigenvalue weighted by atomic mass is 10.2. The standard InChI is InChI=1S/C15H11Cl2N/c16-14-5-1-12(2-6-14)9-10-18-11-13-3-7-15(17)8-4-13/h1-11H. The number of rotatable bonds is 3. The van der Waals surface area contributed by atoms with Crippen LogP contribution in [-0.2, 0) is 0 Å². The summed E-state index contributed by atoms with van der Waals surface area (Å²) in [5.74, 6) is 0. The highest BCUT2D eigenvalue weighted by Gasteiger charge is 1.88. The van der Waals surface area contributed by atoms with Gasteiger partial charge in [0.05, 0.1) is 0 Å². The second-order valence-electron chi connectivity index (χ2n) is 3.70. The van der Waals surface area contributed by atoms with E-state index in [0.717, 1.165) is 21.2 Å². The van der Waals surface area contributed by atoms with E-state index in [1.165, 1.54) is 0 Å². The third-order valence-electron chi connectivity index (χ3n) is 2.32. The Morgan fingerprint density at radius 1 is 0.722 bits per heavy atom. The number of nitrogens with zero attached hydrogens (tertiary/aromatic N) is 1. The largest absolute Gasteiger partial charge is 0.264 e. The van der Waals surface area contributed by atoms with Crippen LogP contribution in [0, 0.1) is 0 Å². The van der Waals surface area contributed by atoms with Crippen LogP contribution in [-0.4, -0.2) is 6.21 Å². The first-order valence-corrected chi connectivity index (χ1v) is 6.20. The van der Waals surface area contributed by atoms with Gasteiger partial charge in [0.1, 0.15) is 0 Å². The number of benzene rings is 2. The van der Waals surface area contributed by atoms with Gasteiger partial charge in [-0.25, -0.2) is 0 Å². The lowest BCUT2D eigenvalue weighted by molar-refractivity contribution is 1.57. The van der Waals surface area contributed by atoms with E-state index in [2.05, 4.69) is 4.99 Å². The van der Waals surface area contributed by atoms with E-state index in [0.29, 0.717) is 0 Å². The molecule has 0 aliphatic carbocycles. The number of aliphatic imine (C=N–C) groups is 1. The van der Waals surface area contributed by atoms with Crippen molar-refractivity contribution in [3.63, 3.8) is 0 Å². The zero-order valence-electron chi connectivity index (χ0n) is 9.55. The molecule has 0 bridgehead atoms. The van der Waals surface area contributed by atoms with Crippen molar-refractivity contribution in [3.8, 4) is 0 Å². The molecule has 18 heavy (non-hydrogen) atoms. The Kier molecular flexibility index (Phi) is 4.57. The van der Waals surface area contributed by atoms with Gasteiger partial charge < -0.3 is 0 Å². The minimum atomic E-state index is 0.726. The van der Waals surface area contributed by atoms with E-state index in [4.69, 9.17) is 23.2 Å². The zero-order valence-corrected chi connectivity index (χ0v) is 11.1. The zero-order chi connectivity index (χ0) is 12.8. The molecule has 3 heteroatoms. The summed E-state index contributed by atoms with van der Waals surface area (Å²) < 4.78 is 0. The Labute approximate surface area is 116 Å². The van der Waals surface area contributed by atoms with Gasteiger partial charge in [-0.2, -0.15) is 0 Å². The second kappa shape index (κ2) is 6.39. The maximum atomic E-state index is 5.80. The van der Waals surface area contributed by atoms with Crippen molar-refractivity contribution in [1.29, 1.82) is 0 Å². The fourth-order valence-corrected chi connectivity index (χ4v) is 1.63. The molecule has 0 radical (unpaired) electrons. The van der Waals surface area contributed by atoms with Crippen LogP contribution in [0.15, 0.2) is 59.7 Å². The number of halogens is 2. The fraction of sp³-hybridized carbons (Fsp3) is 0. The minimum absolute atomic E-state index is 0.726. The summed E-state index contributed by atoms with van der Waals surface area (Å²) in [6.07, 6.45) is 5.45. The van der Waals surface area contributed by atoms with Crippen molar-refractivity contribution >= 4 is 35.5 Å². The highest BCUT2D eigenvalue weighted by Crippen LogP contribution is 2.11. The summed E-state index contributed by atoms with van der Waals surface area (Å²) in [4.78, 5) is 4.21. The summed E-state index contributed by atoms with van der Waals surface area (Å²) in [6.45, 7) is 0. The van der Waals surface area contributed by atoms with Gasteiger partial charge in [0.25, 0.3) is 0 Å². The Morgan fingerprint density at radius 3 is 1.78 bits per heavy atom. The molecule has 90 valence electrons. The van der Waals surface area contributed by atoms with Crippen LogP contribution >= 0.6 is 23.2 Å². The van der Waals surface area contributed by atoms with Crippen molar-refractivity contribution < 1.29 is 0 Å². The average molecular weight is 276 g/mol. The van der Waals surface area contributed by atoms with Crippen LogP contribution < -0.4 is 0 Å². The van der Waals surface area contributed by atoms with Crippen LogP contribution in [0.1, 0.15) is 11.1 Å². The van der Waals surface area contributed by atoms with Crippen molar-refractivity contribution in [2.24, 2.45) is 4.99 Å². The monoisotopic (exact) mass is 275 g/mol. The Bertz CT molecular complexity index is 501. The fourth-order valence-electron chi connectivity index (χ4n) is 1.38. The molecule has 0 fully saturated rings. The van der Waals surface area contributed by atoms with E-state index in [1.54, 1.807) is 12.4 Å². The Morgan fingerprint density at radius 2 is 1.22 bits per heavy atom. The molecule has 1 nitrogen and oxygen atoms in total. The molecule has 0 atom stereocenters. The van der Waals surface area contributed by atoms with Crippen LogP contribution in [0.4, 0.5) is 0 Å². The molecule has 0 amide bonds. The molecule has 0 N–H and O–H groups in total. The molecule has 2 aromatic carbocycles. The van der Waals surface area contributed by atoms with Crippen molar-refractivity contribution in [2.45, 2.75) is 0 Å². The first kappa shape index (κ1) is 12.9. The molecule has 0 aromatic heterocycles. The van der Waals surface area contributed by atoms with E-state index >= 15 is 0 Å². The summed E-state index contributed by atoms with van der Waals surface area (Å²) in [7, 11) is 0. The molecule has 0 saturated carbocycles. The van der Waals surface area contributed by atoms with E-state index < -0.39 is 0 Å². The van der Waals surface area contributed by atoms with Gasteiger partial charge in [-0.05, 0) is 41.5 Å². The first-order chi connectivity index (χ1) is 8.74. The molecular formula is C15H11Cl2N. The maximum absolute atomic E-state index is 5.80. The average Bonchev–Trinajstić information content (AvgIpc) is 2.39. The summed E-state index contributed by atoms with van der Waals surface area (Å²) in [6, 6.07) is 15.1. The Balaban J connectivity index is 1.98. The molecule has 0 heterocycles. The van der Waals surface area contributed by atoms with Crippen LogP contribution in [0.2, 0.25) is 10.0 Å². The minimum Gasteiger partial charge on any atom is -0.264 e. The van der Waals surface area contributed by atoms with Crippen LogP contribution in [0.3, 0.4) is 0 Å². The quantitative estimate of drug-likeness (QED) is 0.693. The van der Waals surface area contributed by atoms with Gasteiger partial charge >= 0.3 is 0 Å². The van der Waals surface area contributed by atoms with Gasteiger partial charge in [-0.3, -0.25) is 4.99 Å². The van der Waals surface area contributed by atoms with E-state index in [-0.39, 0.29) is 0 Å². The molecule has 0 spiro atoms. The number of hydrogen-bond acceptors (Lipinski definition) is 1. The van der Waals surface area contributed by atoms with Gasteiger partial charge in [-0.15, -0.1) is 0 Å². The van der Waals surface area contributed by atoms with Gasteiger partial charge in [0.15, 0.2) is 0 Å². The topological polar surface area (TPSA) is 12.4 Å². The van der Waals surface area contributed by atoms with Crippen molar-refractivity contribution in [3.05, 3.63) is 75.9 Å². The molecule has 0 unspecified atom stereocenters. The highest BCUT2D eigenvalue weighted by atomic mass is 35.5. The SMILES string of the molecule is Clc1ccc(C=CN=Cc2ccc(Cl)cc2)cc1. The summed E-state index contributed by atoms with van der Waals surface area (Å²) in [5, 5.41) is 1.46. The number of hydrogen-bond donors (Lipinski definition) is 0. The first-order valence-electron chi connectivity index (χ1n) is 5.45. The molecule has 2 rings (SSSR count). The third kappa shape index (κ3) is 4.02. The lowest BCUT2D eigenvalue weighted by Gasteiger charge is -1.92. The molecule has 0 aliphatic heterocycles. The van der Waals surface area contributed by atoms with E-state index in [9.17, 15) is 0 Å². The Hall–Kier alpha value is -1.57. The van der Waals surface area contributed by atoms with Gasteiger partial charge in [0, 0.05) is 22.5 Å². The predicted molar refractivity (Wildman–Crippen MR) is 79.5 cm³/mol. The molecule has 2 aromatic rings. The molecule has 0 saturated heterocycles. The predicted octanol–water partition coefficient (Wildman–Crippen LogP) is 5.08. The summed E-state index contributed by atoms with van der Waals surface area (Å²) >= 11 is 11.6. The summed E-state index contributed by atoms with van der Waals surface area (Å²) in [5.41, 5.74) is 2.08. The van der Waals surface area contributed by atoms with Crippen LogP contribution in [0.5, 0.6) is 0 Å². The highest BCUT2D eigenvalue weighted by molar-refractivity contribution is 6.30. The lowest BCUT2D eigenvalue weighted by Crippen LogP contribution is -1.77.